The van der Waals surface area contributed by atoms with Gasteiger partial charge in [0.15, 0.2) is 0 Å². The van der Waals surface area contributed by atoms with Crippen molar-refractivity contribution >= 4 is 17.5 Å². The van der Waals surface area contributed by atoms with Crippen LogP contribution >= 0.6 is 11.6 Å². The predicted octanol–water partition coefficient (Wildman–Crippen LogP) is 5.78. The van der Waals surface area contributed by atoms with E-state index in [0.29, 0.717) is 29.1 Å². The fraction of sp³-hybridized carbons (Fsp3) is 0.360. The van der Waals surface area contributed by atoms with Gasteiger partial charge in [-0.1, -0.05) is 29.8 Å². The third kappa shape index (κ3) is 4.62. The van der Waals surface area contributed by atoms with Gasteiger partial charge in [-0.3, -0.25) is 4.79 Å². The van der Waals surface area contributed by atoms with Crippen LogP contribution in [0.25, 0.3) is 5.69 Å². The minimum Gasteiger partial charge on any atom is -0.439 e. The molecule has 2 aliphatic carbocycles. The Labute approximate surface area is 187 Å². The average molecular weight is 436 g/mol. The summed E-state index contributed by atoms with van der Waals surface area (Å²) in [5, 5.41) is 5.45. The molecule has 2 aliphatic rings. The number of hydrogen-bond donors (Lipinski definition) is 0. The Morgan fingerprint density at radius 1 is 1.10 bits per heavy atom. The van der Waals surface area contributed by atoms with Crippen molar-refractivity contribution in [2.75, 3.05) is 6.54 Å². The van der Waals surface area contributed by atoms with Crippen molar-refractivity contribution in [1.29, 1.82) is 0 Å². The Kier molecular flexibility index (Phi) is 5.45. The maximum atomic E-state index is 13.0. The number of amides is 1. The Balaban J connectivity index is 1.52. The molecule has 2 fully saturated rings. The first-order valence-electron chi connectivity index (χ1n) is 10.9. The van der Waals surface area contributed by atoms with E-state index in [1.54, 1.807) is 0 Å². The summed E-state index contributed by atoms with van der Waals surface area (Å²) in [6.45, 7) is 3.33. The number of rotatable bonds is 8. The molecule has 5 nitrogen and oxygen atoms in total. The van der Waals surface area contributed by atoms with Gasteiger partial charge in [0.25, 0.3) is 0 Å². The number of aromatic nitrogens is 2. The van der Waals surface area contributed by atoms with Crippen LogP contribution in [0.5, 0.6) is 11.6 Å². The minimum atomic E-state index is 0.198. The number of ether oxygens (including phenoxy) is 1. The average Bonchev–Trinajstić information content (AvgIpc) is 3.70. The molecule has 0 spiro atoms. The number of para-hydroxylation sites is 1. The molecule has 2 saturated carbocycles. The van der Waals surface area contributed by atoms with Crippen molar-refractivity contribution in [2.45, 2.75) is 39.2 Å². The molecular formula is C25H26ClN3O2. The van der Waals surface area contributed by atoms with E-state index in [1.165, 1.54) is 12.8 Å². The quantitative estimate of drug-likeness (QED) is 0.451. The molecule has 5 rings (SSSR count). The summed E-state index contributed by atoms with van der Waals surface area (Å²) in [4.78, 5) is 15.0. The monoisotopic (exact) mass is 435 g/mol. The lowest BCUT2D eigenvalue weighted by Crippen LogP contribution is -2.33. The van der Waals surface area contributed by atoms with Crippen LogP contribution in [0, 0.1) is 18.8 Å². The van der Waals surface area contributed by atoms with Crippen molar-refractivity contribution in [3.63, 3.8) is 0 Å². The zero-order chi connectivity index (χ0) is 21.4. The smallest absolute Gasteiger partial charge is 0.227 e. The highest BCUT2D eigenvalue weighted by atomic mass is 35.5. The highest BCUT2D eigenvalue weighted by molar-refractivity contribution is 6.30. The molecule has 31 heavy (non-hydrogen) atoms. The first kappa shape index (κ1) is 20.1. The summed E-state index contributed by atoms with van der Waals surface area (Å²) in [5.41, 5.74) is 2.74. The van der Waals surface area contributed by atoms with Crippen molar-refractivity contribution in [3.8, 4) is 17.3 Å². The molecule has 2 aromatic carbocycles. The molecule has 160 valence electrons. The van der Waals surface area contributed by atoms with Gasteiger partial charge in [0, 0.05) is 17.5 Å². The number of aryl methyl sites for hydroxylation is 1. The lowest BCUT2D eigenvalue weighted by molar-refractivity contribution is -0.133. The van der Waals surface area contributed by atoms with Gasteiger partial charge in [-0.25, -0.2) is 4.68 Å². The summed E-state index contributed by atoms with van der Waals surface area (Å²) in [5.74, 6) is 2.44. The first-order valence-corrected chi connectivity index (χ1v) is 11.3. The second-order valence-corrected chi connectivity index (χ2v) is 9.05. The third-order valence-electron chi connectivity index (χ3n) is 5.93. The van der Waals surface area contributed by atoms with Gasteiger partial charge in [0.2, 0.25) is 11.8 Å². The number of hydrogen-bond acceptors (Lipinski definition) is 3. The van der Waals surface area contributed by atoms with E-state index >= 15 is 0 Å². The highest BCUT2D eigenvalue weighted by Gasteiger charge is 2.37. The molecule has 0 saturated heterocycles. The molecule has 1 heterocycles. The lowest BCUT2D eigenvalue weighted by Gasteiger charge is -2.23. The van der Waals surface area contributed by atoms with E-state index in [0.717, 1.165) is 36.3 Å². The van der Waals surface area contributed by atoms with Gasteiger partial charge in [0.05, 0.1) is 23.5 Å². The van der Waals surface area contributed by atoms with E-state index in [4.69, 9.17) is 21.4 Å². The van der Waals surface area contributed by atoms with Crippen molar-refractivity contribution in [3.05, 3.63) is 70.9 Å². The molecule has 6 heteroatoms. The summed E-state index contributed by atoms with van der Waals surface area (Å²) < 4.78 is 8.18. The van der Waals surface area contributed by atoms with Crippen LogP contribution in [-0.4, -0.2) is 27.1 Å². The molecule has 1 aromatic heterocycles. The molecule has 0 radical (unpaired) electrons. The molecule has 0 aliphatic heterocycles. The third-order valence-corrected chi connectivity index (χ3v) is 6.18. The second-order valence-electron chi connectivity index (χ2n) is 8.61. The van der Waals surface area contributed by atoms with E-state index in [9.17, 15) is 4.79 Å². The SMILES string of the molecule is Cc1nn(-c2ccccc2)c(Oc2ccc(Cl)cc2)c1CN(CC1CC1)C(=O)C1CC1. The van der Waals surface area contributed by atoms with Gasteiger partial charge in [-0.2, -0.15) is 5.10 Å². The van der Waals surface area contributed by atoms with Crippen LogP contribution in [-0.2, 0) is 11.3 Å². The van der Waals surface area contributed by atoms with E-state index in [2.05, 4.69) is 0 Å². The lowest BCUT2D eigenvalue weighted by atomic mass is 10.2. The number of benzene rings is 2. The standard InChI is InChI=1S/C25H26ClN3O2/c1-17-23(16-28(15-18-7-8-18)24(30)19-9-10-19)25(31-22-13-11-20(26)12-14-22)29(27-17)21-5-3-2-4-6-21/h2-6,11-14,18-19H,7-10,15-16H2,1H3. The molecule has 0 unspecified atom stereocenters. The van der Waals surface area contributed by atoms with Crippen LogP contribution in [0.4, 0.5) is 0 Å². The van der Waals surface area contributed by atoms with Crippen LogP contribution in [0.3, 0.4) is 0 Å². The maximum absolute atomic E-state index is 13.0. The van der Waals surface area contributed by atoms with Crippen LogP contribution in [0.2, 0.25) is 5.02 Å². The zero-order valence-corrected chi connectivity index (χ0v) is 18.4. The number of carbonyl (C=O) groups is 1. The minimum absolute atomic E-state index is 0.198. The van der Waals surface area contributed by atoms with E-state index in [1.807, 2.05) is 71.1 Å². The van der Waals surface area contributed by atoms with E-state index < -0.39 is 0 Å². The van der Waals surface area contributed by atoms with Crippen LogP contribution in [0.1, 0.15) is 36.9 Å². The van der Waals surface area contributed by atoms with Crippen molar-refractivity contribution in [2.24, 2.45) is 11.8 Å². The molecule has 1 amide bonds. The number of nitrogens with zero attached hydrogens (tertiary/aromatic N) is 3. The summed E-state index contributed by atoms with van der Waals surface area (Å²) >= 11 is 6.05. The number of carbonyl (C=O) groups excluding carboxylic acids is 1. The van der Waals surface area contributed by atoms with Gasteiger partial charge in [-0.05, 0) is 74.9 Å². The molecule has 0 N–H and O–H groups in total. The largest absolute Gasteiger partial charge is 0.439 e. The summed E-state index contributed by atoms with van der Waals surface area (Å²) in [7, 11) is 0. The zero-order valence-electron chi connectivity index (χ0n) is 17.6. The van der Waals surface area contributed by atoms with Gasteiger partial charge >= 0.3 is 0 Å². The second kappa shape index (κ2) is 8.39. The van der Waals surface area contributed by atoms with Crippen molar-refractivity contribution < 1.29 is 9.53 Å². The van der Waals surface area contributed by atoms with Gasteiger partial charge in [0.1, 0.15) is 5.75 Å². The van der Waals surface area contributed by atoms with E-state index in [-0.39, 0.29) is 11.8 Å². The fourth-order valence-corrected chi connectivity index (χ4v) is 3.93. The first-order chi connectivity index (χ1) is 15.1. The topological polar surface area (TPSA) is 47.4 Å². The Bertz CT molecular complexity index is 1070. The summed E-state index contributed by atoms with van der Waals surface area (Å²) in [6, 6.07) is 17.3. The molecular weight excluding hydrogens is 410 g/mol. The van der Waals surface area contributed by atoms with Gasteiger partial charge in [-0.15, -0.1) is 0 Å². The molecule has 0 bridgehead atoms. The molecule has 0 atom stereocenters. The Morgan fingerprint density at radius 3 is 2.45 bits per heavy atom. The fourth-order valence-electron chi connectivity index (χ4n) is 3.81. The van der Waals surface area contributed by atoms with Gasteiger partial charge < -0.3 is 9.64 Å². The van der Waals surface area contributed by atoms with Crippen molar-refractivity contribution in [1.82, 2.24) is 14.7 Å². The van der Waals surface area contributed by atoms with Crippen LogP contribution in [0.15, 0.2) is 54.6 Å². The summed E-state index contributed by atoms with van der Waals surface area (Å²) in [6.07, 6.45) is 4.45. The Morgan fingerprint density at radius 2 is 1.81 bits per heavy atom. The predicted molar refractivity (Wildman–Crippen MR) is 121 cm³/mol. The maximum Gasteiger partial charge on any atom is 0.227 e. The Hall–Kier alpha value is -2.79. The molecule has 3 aromatic rings. The number of halogens is 1. The normalized spacial score (nSPS) is 15.7. The highest BCUT2D eigenvalue weighted by Crippen LogP contribution is 2.37. The van der Waals surface area contributed by atoms with Crippen LogP contribution < -0.4 is 4.74 Å².